The predicted molar refractivity (Wildman–Crippen MR) is 143 cm³/mol. The Labute approximate surface area is 220 Å². The van der Waals surface area contributed by atoms with Crippen LogP contribution in [0.2, 0.25) is 0 Å². The number of carbonyl (C=O) groups is 2. The van der Waals surface area contributed by atoms with Gasteiger partial charge in [-0.1, -0.05) is 17.4 Å². The second kappa shape index (κ2) is 10.3. The Bertz CT molecular complexity index is 1590. The fourth-order valence-electron chi connectivity index (χ4n) is 4.73. The average molecular weight is 509 g/mol. The van der Waals surface area contributed by atoms with Crippen molar-refractivity contribution in [3.63, 3.8) is 0 Å². The van der Waals surface area contributed by atoms with E-state index < -0.39 is 0 Å². The minimum absolute atomic E-state index is 0.0622. The second-order valence-corrected chi connectivity index (χ2v) is 9.64. The van der Waals surface area contributed by atoms with Crippen LogP contribution in [0.5, 0.6) is 0 Å². The van der Waals surface area contributed by atoms with Crippen molar-refractivity contribution in [3.8, 4) is 17.2 Å². The fraction of sp³-hybridized carbons (Fsp3) is 0.276. The van der Waals surface area contributed by atoms with Gasteiger partial charge >= 0.3 is 0 Å². The molecule has 4 aromatic rings. The summed E-state index contributed by atoms with van der Waals surface area (Å²) in [6.45, 7) is 3.61. The molecule has 2 aromatic carbocycles. The summed E-state index contributed by atoms with van der Waals surface area (Å²) in [7, 11) is 3.37. The number of aryl methyl sites for hydroxylation is 2. The third-order valence-electron chi connectivity index (χ3n) is 6.79. The summed E-state index contributed by atoms with van der Waals surface area (Å²) in [6, 6.07) is 13.6. The number of furan rings is 1. The zero-order chi connectivity index (χ0) is 26.8. The molecule has 0 spiro atoms. The third-order valence-corrected chi connectivity index (χ3v) is 6.79. The zero-order valence-electron chi connectivity index (χ0n) is 21.6. The van der Waals surface area contributed by atoms with Gasteiger partial charge in [-0.15, -0.1) is 5.10 Å². The van der Waals surface area contributed by atoms with Crippen LogP contribution in [0.4, 0.5) is 0 Å². The number of aromatic nitrogens is 3. The molecule has 0 fully saturated rings. The van der Waals surface area contributed by atoms with Crippen molar-refractivity contribution in [3.05, 3.63) is 77.3 Å². The van der Waals surface area contributed by atoms with Crippen LogP contribution in [0.25, 0.3) is 27.7 Å². The lowest BCUT2D eigenvalue weighted by Gasteiger charge is -2.28. The molecule has 5 rings (SSSR count). The molecule has 1 aliphatic rings. The molecule has 0 bridgehead atoms. The first-order valence-electron chi connectivity index (χ1n) is 12.5. The van der Waals surface area contributed by atoms with Crippen molar-refractivity contribution in [2.75, 3.05) is 27.2 Å². The number of benzene rings is 2. The topological polar surface area (TPSA) is 108 Å². The maximum absolute atomic E-state index is 13.0. The highest BCUT2D eigenvalue weighted by molar-refractivity contribution is 6.02. The highest BCUT2D eigenvalue weighted by Gasteiger charge is 2.23. The maximum atomic E-state index is 13.0. The van der Waals surface area contributed by atoms with E-state index in [1.807, 2.05) is 36.1 Å². The van der Waals surface area contributed by atoms with Crippen LogP contribution in [0.1, 0.15) is 40.1 Å². The van der Waals surface area contributed by atoms with Crippen LogP contribution in [0, 0.1) is 18.3 Å². The van der Waals surface area contributed by atoms with Gasteiger partial charge in [0, 0.05) is 50.8 Å². The minimum Gasteiger partial charge on any atom is -0.450 e. The molecule has 1 aliphatic heterocycles. The van der Waals surface area contributed by atoms with Crippen LogP contribution in [0.3, 0.4) is 0 Å². The molecule has 0 radical (unpaired) electrons. The predicted octanol–water partition coefficient (Wildman–Crippen LogP) is 4.28. The van der Waals surface area contributed by atoms with Gasteiger partial charge in [-0.3, -0.25) is 14.3 Å². The van der Waals surface area contributed by atoms with Crippen molar-refractivity contribution in [2.45, 2.75) is 26.3 Å². The number of amides is 2. The smallest absolute Gasteiger partial charge is 0.289 e. The number of carbonyl (C=O) groups excluding carboxylic acids is 2. The van der Waals surface area contributed by atoms with E-state index in [1.54, 1.807) is 43.3 Å². The van der Waals surface area contributed by atoms with Gasteiger partial charge in [-0.25, -0.2) is 0 Å². The van der Waals surface area contributed by atoms with Gasteiger partial charge in [0.15, 0.2) is 5.76 Å². The number of nitrogens with zero attached hydrogens (tertiary/aromatic N) is 6. The number of fused-ring (bicyclic) bond motifs is 1. The maximum Gasteiger partial charge on any atom is 0.289 e. The van der Waals surface area contributed by atoms with E-state index in [-0.39, 0.29) is 17.6 Å². The SMILES string of the molecule is Cc1ccc(C#N)cc1-c1cc(C2=CCCN(C(=O)CCn3ccnn3)C2)cc2cc(C(=O)N(C)C)oc12. The molecular weight excluding hydrogens is 480 g/mol. The van der Waals surface area contributed by atoms with Crippen molar-refractivity contribution in [1.29, 1.82) is 5.26 Å². The quantitative estimate of drug-likeness (QED) is 0.385. The van der Waals surface area contributed by atoms with Gasteiger partial charge in [0.1, 0.15) is 5.58 Å². The molecule has 0 saturated heterocycles. The molecular formula is C29H28N6O3. The Balaban J connectivity index is 1.53. The molecule has 2 aromatic heterocycles. The number of hydrogen-bond donors (Lipinski definition) is 0. The summed E-state index contributed by atoms with van der Waals surface area (Å²) in [5, 5.41) is 18.0. The molecule has 192 valence electrons. The summed E-state index contributed by atoms with van der Waals surface area (Å²) >= 11 is 0. The van der Waals surface area contributed by atoms with Crippen LogP contribution in [0.15, 0.2) is 59.3 Å². The lowest BCUT2D eigenvalue weighted by molar-refractivity contribution is -0.131. The number of hydrogen-bond acceptors (Lipinski definition) is 6. The van der Waals surface area contributed by atoms with Crippen molar-refractivity contribution in [1.82, 2.24) is 24.8 Å². The molecule has 0 aliphatic carbocycles. The van der Waals surface area contributed by atoms with E-state index in [4.69, 9.17) is 4.42 Å². The van der Waals surface area contributed by atoms with Gasteiger partial charge in [-0.05, 0) is 65.9 Å². The Kier molecular flexibility index (Phi) is 6.79. The summed E-state index contributed by atoms with van der Waals surface area (Å²) in [5.74, 6) is 0.0874. The first kappa shape index (κ1) is 25.0. The summed E-state index contributed by atoms with van der Waals surface area (Å²) in [4.78, 5) is 29.0. The van der Waals surface area contributed by atoms with Crippen LogP contribution < -0.4 is 0 Å². The molecule has 0 saturated carbocycles. The number of nitriles is 1. The largest absolute Gasteiger partial charge is 0.450 e. The highest BCUT2D eigenvalue weighted by atomic mass is 16.3. The molecule has 0 unspecified atom stereocenters. The van der Waals surface area contributed by atoms with Crippen LogP contribution in [-0.4, -0.2) is 63.8 Å². The zero-order valence-corrected chi connectivity index (χ0v) is 21.6. The average Bonchev–Trinajstić information content (AvgIpc) is 3.61. The van der Waals surface area contributed by atoms with E-state index in [0.717, 1.165) is 39.6 Å². The van der Waals surface area contributed by atoms with Gasteiger partial charge in [0.2, 0.25) is 5.91 Å². The van der Waals surface area contributed by atoms with Crippen LogP contribution in [-0.2, 0) is 11.3 Å². The van der Waals surface area contributed by atoms with Crippen molar-refractivity contribution < 1.29 is 14.0 Å². The van der Waals surface area contributed by atoms with Gasteiger partial charge < -0.3 is 14.2 Å². The molecule has 0 N–H and O–H groups in total. The first-order chi connectivity index (χ1) is 18.3. The molecule has 0 atom stereocenters. The van der Waals surface area contributed by atoms with E-state index in [1.165, 1.54) is 4.90 Å². The summed E-state index contributed by atoms with van der Waals surface area (Å²) in [5.41, 5.74) is 5.78. The third kappa shape index (κ3) is 4.93. The standard InChI is InChI=1S/C29H28N6O3/c1-19-6-7-20(17-30)13-24(19)25-15-22(14-23-16-26(38-28(23)25)29(37)33(2)3)21-5-4-10-34(18-21)27(36)8-11-35-12-9-31-32-35/h5-7,9,12-16H,4,8,10-11,18H2,1-3H3. The lowest BCUT2D eigenvalue weighted by Crippen LogP contribution is -2.35. The molecule has 9 heteroatoms. The first-order valence-corrected chi connectivity index (χ1v) is 12.5. The van der Waals surface area contributed by atoms with Gasteiger partial charge in [0.05, 0.1) is 24.4 Å². The number of rotatable bonds is 6. The normalized spacial score (nSPS) is 13.3. The van der Waals surface area contributed by atoms with Crippen molar-refractivity contribution in [2.24, 2.45) is 0 Å². The molecule has 38 heavy (non-hydrogen) atoms. The Morgan fingerprint density at radius 1 is 1.16 bits per heavy atom. The van der Waals surface area contributed by atoms with Crippen molar-refractivity contribution >= 4 is 28.4 Å². The van der Waals surface area contributed by atoms with Gasteiger partial charge in [0.25, 0.3) is 5.91 Å². The molecule has 9 nitrogen and oxygen atoms in total. The summed E-state index contributed by atoms with van der Waals surface area (Å²) in [6.07, 6.45) is 6.60. The van der Waals surface area contributed by atoms with E-state index in [9.17, 15) is 14.9 Å². The highest BCUT2D eigenvalue weighted by Crippen LogP contribution is 2.37. The Morgan fingerprint density at radius 2 is 2.00 bits per heavy atom. The van der Waals surface area contributed by atoms with Gasteiger partial charge in [-0.2, -0.15) is 5.26 Å². The fourth-order valence-corrected chi connectivity index (χ4v) is 4.73. The molecule has 2 amide bonds. The minimum atomic E-state index is -0.225. The van der Waals surface area contributed by atoms with E-state index in [2.05, 4.69) is 22.5 Å². The second-order valence-electron chi connectivity index (χ2n) is 9.64. The summed E-state index contributed by atoms with van der Waals surface area (Å²) < 4.78 is 7.76. The Hall–Kier alpha value is -4.71. The monoisotopic (exact) mass is 508 g/mol. The van der Waals surface area contributed by atoms with E-state index >= 15 is 0 Å². The molecule has 3 heterocycles. The lowest BCUT2D eigenvalue weighted by atomic mass is 9.92. The Morgan fingerprint density at radius 3 is 2.74 bits per heavy atom. The van der Waals surface area contributed by atoms with E-state index in [0.29, 0.717) is 37.2 Å². The van der Waals surface area contributed by atoms with Crippen LogP contribution >= 0.6 is 0 Å².